The van der Waals surface area contributed by atoms with Crippen molar-refractivity contribution in [2.75, 3.05) is 30.4 Å². The molecule has 0 radical (unpaired) electrons. The molecule has 0 bridgehead atoms. The highest BCUT2D eigenvalue weighted by atomic mass is 35.5. The first kappa shape index (κ1) is 23.0. The number of hydrazine groups is 1. The van der Waals surface area contributed by atoms with Gasteiger partial charge in [0.2, 0.25) is 0 Å². The van der Waals surface area contributed by atoms with Gasteiger partial charge in [-0.05, 0) is 30.7 Å². The summed E-state index contributed by atoms with van der Waals surface area (Å²) < 4.78 is 25.0. The molecule has 1 saturated heterocycles. The van der Waals surface area contributed by atoms with E-state index in [4.69, 9.17) is 21.1 Å². The van der Waals surface area contributed by atoms with Crippen molar-refractivity contribution in [2.24, 2.45) is 0 Å². The normalized spacial score (nSPS) is 15.4. The molecule has 2 amide bonds. The van der Waals surface area contributed by atoms with Crippen LogP contribution < -0.4 is 26.2 Å². The van der Waals surface area contributed by atoms with Crippen molar-refractivity contribution in [2.45, 2.75) is 25.9 Å². The van der Waals surface area contributed by atoms with E-state index in [2.05, 4.69) is 31.5 Å². The Hall–Kier alpha value is -3.21. The van der Waals surface area contributed by atoms with E-state index in [1.165, 1.54) is 18.5 Å². The van der Waals surface area contributed by atoms with Gasteiger partial charge in [-0.1, -0.05) is 18.5 Å². The number of halogens is 2. The van der Waals surface area contributed by atoms with Crippen LogP contribution in [0.1, 0.15) is 19.8 Å². The number of hydrogen-bond donors (Lipinski definition) is 4. The quantitative estimate of drug-likeness (QED) is 0.283. The topological polar surface area (TPSA) is 109 Å². The lowest BCUT2D eigenvalue weighted by atomic mass is 10.1. The predicted molar refractivity (Wildman–Crippen MR) is 125 cm³/mol. The molecule has 9 nitrogen and oxygen atoms in total. The Morgan fingerprint density at radius 2 is 2.18 bits per heavy atom. The van der Waals surface area contributed by atoms with Crippen LogP contribution >= 0.6 is 11.6 Å². The molecule has 2 aromatic carbocycles. The molecule has 11 heteroatoms. The van der Waals surface area contributed by atoms with Crippen LogP contribution in [-0.2, 0) is 4.74 Å². The summed E-state index contributed by atoms with van der Waals surface area (Å²) >= 11 is 5.90. The molecule has 33 heavy (non-hydrogen) atoms. The van der Waals surface area contributed by atoms with Crippen molar-refractivity contribution < 1.29 is 18.7 Å². The van der Waals surface area contributed by atoms with Crippen LogP contribution in [-0.4, -0.2) is 41.9 Å². The maximum atomic E-state index is 13.5. The summed E-state index contributed by atoms with van der Waals surface area (Å²) in [6, 6.07) is 7.32. The van der Waals surface area contributed by atoms with E-state index in [1.54, 1.807) is 18.2 Å². The second-order valence-electron chi connectivity index (χ2n) is 7.45. The Labute approximate surface area is 195 Å². The number of ether oxygens (including phenoxy) is 2. The van der Waals surface area contributed by atoms with Gasteiger partial charge in [-0.15, -0.1) is 0 Å². The second-order valence-corrected chi connectivity index (χ2v) is 7.86. The van der Waals surface area contributed by atoms with E-state index in [-0.39, 0.29) is 11.1 Å². The molecule has 174 valence electrons. The molecule has 4 rings (SSSR count). The van der Waals surface area contributed by atoms with E-state index >= 15 is 0 Å². The van der Waals surface area contributed by atoms with Crippen molar-refractivity contribution in [3.63, 3.8) is 0 Å². The monoisotopic (exact) mass is 474 g/mol. The van der Waals surface area contributed by atoms with Gasteiger partial charge < -0.3 is 20.1 Å². The molecule has 0 unspecified atom stereocenters. The Morgan fingerprint density at radius 1 is 1.30 bits per heavy atom. The number of hydrogen-bond acceptors (Lipinski definition) is 7. The summed E-state index contributed by atoms with van der Waals surface area (Å²) in [4.78, 5) is 21.0. The van der Waals surface area contributed by atoms with Crippen molar-refractivity contribution in [1.29, 1.82) is 0 Å². The molecule has 1 atom stereocenters. The molecule has 2 heterocycles. The van der Waals surface area contributed by atoms with Crippen molar-refractivity contribution in [3.8, 4) is 5.75 Å². The molecule has 4 N–H and O–H groups in total. The molecule has 0 spiro atoms. The Kier molecular flexibility index (Phi) is 7.38. The average Bonchev–Trinajstić information content (AvgIpc) is 3.30. The van der Waals surface area contributed by atoms with E-state index in [9.17, 15) is 9.18 Å². The lowest BCUT2D eigenvalue weighted by Crippen LogP contribution is -2.40. The van der Waals surface area contributed by atoms with Crippen molar-refractivity contribution in [1.82, 2.24) is 20.8 Å². The van der Waals surface area contributed by atoms with E-state index < -0.39 is 11.8 Å². The van der Waals surface area contributed by atoms with Crippen LogP contribution in [0, 0.1) is 5.82 Å². The third-order valence-corrected chi connectivity index (χ3v) is 5.22. The molecular formula is C22H24ClFN6O3. The SMILES string of the molecule is CCCNNC(=O)Nc1cc2c(Nc3ccc(F)c(Cl)c3)ncnc2cc1O[C@H]1CCOC1. The summed E-state index contributed by atoms with van der Waals surface area (Å²) in [5.74, 6) is 0.422. The van der Waals surface area contributed by atoms with Crippen molar-refractivity contribution >= 4 is 45.7 Å². The number of amides is 2. The zero-order valence-corrected chi connectivity index (χ0v) is 18.7. The standard InChI is InChI=1S/C22H24ClFN6O3/c1-2-6-27-30-22(31)29-19-9-15-18(10-20(19)33-14-5-7-32-11-14)25-12-26-21(15)28-13-3-4-17(24)16(23)8-13/h3-4,8-10,12,14,27H,2,5-7,11H2,1H3,(H,25,26,28)(H2,29,30,31)/t14-/m0/s1. The summed E-state index contributed by atoms with van der Waals surface area (Å²) in [5, 5.41) is 6.56. The van der Waals surface area contributed by atoms with Crippen LogP contribution in [0.25, 0.3) is 10.9 Å². The van der Waals surface area contributed by atoms with Crippen LogP contribution in [0.4, 0.5) is 26.4 Å². The van der Waals surface area contributed by atoms with Crippen LogP contribution in [0.5, 0.6) is 5.75 Å². The van der Waals surface area contributed by atoms with Gasteiger partial charge in [0.05, 0.1) is 29.4 Å². The lowest BCUT2D eigenvalue weighted by molar-refractivity contribution is 0.142. The summed E-state index contributed by atoms with van der Waals surface area (Å²) in [5.41, 5.74) is 7.03. The number of carbonyl (C=O) groups is 1. The van der Waals surface area contributed by atoms with Gasteiger partial charge in [0, 0.05) is 30.1 Å². The van der Waals surface area contributed by atoms with E-state index in [0.717, 1.165) is 12.8 Å². The third kappa shape index (κ3) is 5.78. The molecule has 1 aliphatic heterocycles. The zero-order chi connectivity index (χ0) is 23.2. The number of rotatable bonds is 8. The fourth-order valence-corrected chi connectivity index (χ4v) is 3.48. The summed E-state index contributed by atoms with van der Waals surface area (Å²) in [7, 11) is 0. The Bertz CT molecular complexity index is 1140. The molecular weight excluding hydrogens is 451 g/mol. The van der Waals surface area contributed by atoms with Gasteiger partial charge in [-0.25, -0.2) is 24.6 Å². The van der Waals surface area contributed by atoms with Crippen LogP contribution in [0.15, 0.2) is 36.7 Å². The zero-order valence-electron chi connectivity index (χ0n) is 18.0. The van der Waals surface area contributed by atoms with Gasteiger partial charge >= 0.3 is 6.03 Å². The molecule has 3 aromatic rings. The summed E-state index contributed by atoms with van der Waals surface area (Å²) in [6.45, 7) is 3.73. The lowest BCUT2D eigenvalue weighted by Gasteiger charge is -2.18. The smallest absolute Gasteiger partial charge is 0.333 e. The molecule has 0 saturated carbocycles. The van der Waals surface area contributed by atoms with Crippen molar-refractivity contribution in [3.05, 3.63) is 47.5 Å². The van der Waals surface area contributed by atoms with Crippen LogP contribution in [0.2, 0.25) is 5.02 Å². The molecule has 1 aliphatic rings. The Morgan fingerprint density at radius 3 is 2.94 bits per heavy atom. The molecule has 0 aliphatic carbocycles. The highest BCUT2D eigenvalue weighted by Crippen LogP contribution is 2.35. The van der Waals surface area contributed by atoms with Gasteiger partial charge in [0.15, 0.2) is 0 Å². The number of aromatic nitrogens is 2. The van der Waals surface area contributed by atoms with Gasteiger partial charge in [0.25, 0.3) is 0 Å². The average molecular weight is 475 g/mol. The summed E-state index contributed by atoms with van der Waals surface area (Å²) in [6.07, 6.45) is 2.91. The minimum absolute atomic E-state index is 0.00793. The van der Waals surface area contributed by atoms with Crippen LogP contribution in [0.3, 0.4) is 0 Å². The van der Waals surface area contributed by atoms with E-state index in [0.29, 0.717) is 53.6 Å². The number of urea groups is 1. The number of benzene rings is 2. The highest BCUT2D eigenvalue weighted by molar-refractivity contribution is 6.31. The van der Waals surface area contributed by atoms with E-state index in [1.807, 2.05) is 6.92 Å². The number of nitrogens with one attached hydrogen (secondary N) is 4. The second kappa shape index (κ2) is 10.6. The fourth-order valence-electron chi connectivity index (χ4n) is 3.30. The third-order valence-electron chi connectivity index (χ3n) is 4.93. The predicted octanol–water partition coefficient (Wildman–Crippen LogP) is 4.37. The molecule has 1 fully saturated rings. The number of nitrogens with zero attached hydrogens (tertiary/aromatic N) is 2. The maximum Gasteiger partial charge on any atom is 0.333 e. The number of fused-ring (bicyclic) bond motifs is 1. The first-order valence-corrected chi connectivity index (χ1v) is 11.0. The first-order valence-electron chi connectivity index (χ1n) is 10.6. The minimum Gasteiger partial charge on any atom is -0.486 e. The van der Waals surface area contributed by atoms with Gasteiger partial charge in [0.1, 0.15) is 29.8 Å². The Balaban J connectivity index is 1.67. The van der Waals surface area contributed by atoms with Gasteiger partial charge in [-0.3, -0.25) is 5.43 Å². The highest BCUT2D eigenvalue weighted by Gasteiger charge is 2.21. The first-order chi connectivity index (χ1) is 16.0. The van der Waals surface area contributed by atoms with Gasteiger partial charge in [-0.2, -0.15) is 0 Å². The number of carbonyl (C=O) groups excluding carboxylic acids is 1. The number of anilines is 3. The largest absolute Gasteiger partial charge is 0.486 e. The minimum atomic E-state index is -0.512. The molecule has 1 aromatic heterocycles. The maximum absolute atomic E-state index is 13.5. The fraction of sp³-hybridized carbons (Fsp3) is 0.318.